The van der Waals surface area contributed by atoms with E-state index in [0.717, 1.165) is 57.8 Å². The van der Waals surface area contributed by atoms with Gasteiger partial charge in [-0.15, -0.1) is 0 Å². The summed E-state index contributed by atoms with van der Waals surface area (Å²) < 4.78 is 26.2. The summed E-state index contributed by atoms with van der Waals surface area (Å²) in [6, 6.07) is 0. The van der Waals surface area contributed by atoms with E-state index < -0.39 is 51.3 Å². The highest BCUT2D eigenvalue weighted by Gasteiger charge is 2.23. The minimum atomic E-state index is -4.85. The fourth-order valence-electron chi connectivity index (χ4n) is 5.09. The fourth-order valence-corrected chi connectivity index (χ4v) is 5.45. The smallest absolute Gasteiger partial charge is 0.462 e. The Labute approximate surface area is 338 Å². The molecule has 0 spiro atoms. The van der Waals surface area contributed by atoms with Crippen LogP contribution in [0.1, 0.15) is 142 Å². The average molecular weight is 805 g/mol. The lowest BCUT2D eigenvalue weighted by Gasteiger charge is -2.19. The van der Waals surface area contributed by atoms with Crippen molar-refractivity contribution in [1.29, 1.82) is 0 Å². The number of phosphoric ester groups is 1. The van der Waals surface area contributed by atoms with Crippen molar-refractivity contribution in [2.45, 2.75) is 161 Å². The Morgan fingerprint density at radius 3 is 1.55 bits per heavy atom. The van der Waals surface area contributed by atoms with E-state index in [9.17, 15) is 24.4 Å². The van der Waals surface area contributed by atoms with Gasteiger partial charge in [0, 0.05) is 12.8 Å². The maximum atomic E-state index is 12.4. The van der Waals surface area contributed by atoms with Crippen molar-refractivity contribution in [3.8, 4) is 0 Å². The van der Waals surface area contributed by atoms with Crippen molar-refractivity contribution in [1.82, 2.24) is 0 Å². The van der Waals surface area contributed by atoms with Gasteiger partial charge in [0.25, 0.3) is 0 Å². The number of carbonyl (C=O) groups is 2. The summed E-state index contributed by atoms with van der Waals surface area (Å²) >= 11 is 0. The van der Waals surface area contributed by atoms with Crippen LogP contribution < -0.4 is 0 Å². The van der Waals surface area contributed by atoms with E-state index in [-0.39, 0.29) is 32.1 Å². The van der Waals surface area contributed by atoms with Gasteiger partial charge in [0.15, 0.2) is 6.10 Å². The molecule has 56 heavy (non-hydrogen) atoms. The molecule has 0 amide bonds. The third kappa shape index (κ3) is 39.1. The lowest BCUT2D eigenvalue weighted by Crippen LogP contribution is -2.30. The number of phosphoric acid groups is 1. The first-order chi connectivity index (χ1) is 27.1. The van der Waals surface area contributed by atoms with Gasteiger partial charge in [0.2, 0.25) is 0 Å². The van der Waals surface area contributed by atoms with Gasteiger partial charge >= 0.3 is 19.8 Å². The van der Waals surface area contributed by atoms with E-state index in [1.165, 1.54) is 25.7 Å². The minimum absolute atomic E-state index is 0.118. The first kappa shape index (κ1) is 52.9. The standard InChI is InChI=1S/C45H73O10P/c1-3-5-7-9-11-13-15-17-18-19-20-21-22-23-25-27-29-31-33-37-44(48)53-39-41(40-54-56(50,51)52)55-45(49)38-34-36-43(47)42(46)35-32-30-28-26-24-16-14-12-10-8-6-4-2/h6,8,11-14,17-18,20-21,23-26,30,32,41-43,46-47H,3-5,7,9-10,15-16,19,22,27-29,31,33-40H2,1-2H3,(H2,50,51,52)/b8-6-,13-11-,14-12-,18-17-,21-20-,25-23-,26-24-,32-30-/t41-,42-,43-/m1/s1. The van der Waals surface area contributed by atoms with Gasteiger partial charge in [-0.2, -0.15) is 0 Å². The zero-order valence-electron chi connectivity index (χ0n) is 34.2. The predicted octanol–water partition coefficient (Wildman–Crippen LogP) is 10.6. The number of unbranched alkanes of at least 4 members (excludes halogenated alkanes) is 6. The monoisotopic (exact) mass is 804 g/mol. The van der Waals surface area contributed by atoms with Crippen LogP contribution in [-0.4, -0.2) is 63.5 Å². The van der Waals surface area contributed by atoms with Crippen LogP contribution in [0.4, 0.5) is 0 Å². The van der Waals surface area contributed by atoms with Crippen molar-refractivity contribution >= 4 is 19.8 Å². The molecule has 0 aliphatic rings. The van der Waals surface area contributed by atoms with Crippen LogP contribution in [0, 0.1) is 0 Å². The maximum Gasteiger partial charge on any atom is 0.469 e. The Morgan fingerprint density at radius 2 is 1.04 bits per heavy atom. The molecule has 10 nitrogen and oxygen atoms in total. The Morgan fingerprint density at radius 1 is 0.554 bits per heavy atom. The van der Waals surface area contributed by atoms with Crippen LogP contribution in [0.3, 0.4) is 0 Å². The number of carbonyl (C=O) groups excluding carboxylic acids is 2. The summed E-state index contributed by atoms with van der Waals surface area (Å²) in [6.45, 7) is 3.25. The van der Waals surface area contributed by atoms with Crippen LogP contribution in [0.2, 0.25) is 0 Å². The summed E-state index contributed by atoms with van der Waals surface area (Å²) in [5, 5.41) is 20.6. The number of hydrogen-bond donors (Lipinski definition) is 4. The summed E-state index contributed by atoms with van der Waals surface area (Å²) in [5.74, 6) is -1.22. The van der Waals surface area contributed by atoms with Gasteiger partial charge in [-0.3, -0.25) is 14.1 Å². The van der Waals surface area contributed by atoms with Gasteiger partial charge in [-0.25, -0.2) is 4.57 Å². The van der Waals surface area contributed by atoms with Crippen molar-refractivity contribution < 1.29 is 48.2 Å². The number of rotatable bonds is 36. The molecule has 0 rings (SSSR count). The zero-order valence-corrected chi connectivity index (χ0v) is 35.1. The summed E-state index contributed by atoms with van der Waals surface area (Å²) in [4.78, 5) is 42.9. The molecule has 0 aliphatic heterocycles. The minimum Gasteiger partial charge on any atom is -0.462 e. The SMILES string of the molecule is CC/C=C\C/C=C\C/C=C\C/C=C\C[C@@H](O)[C@H](O)CCCC(=O)O[C@H](COC(=O)CCCCC/C=C\C/C=C\C/C=C\C/C=C\CCCCC)COP(=O)(O)O. The molecule has 0 saturated carbocycles. The van der Waals surface area contributed by atoms with Crippen molar-refractivity contribution in [3.63, 3.8) is 0 Å². The molecule has 0 aliphatic carbocycles. The van der Waals surface area contributed by atoms with Gasteiger partial charge < -0.3 is 29.5 Å². The molecule has 11 heteroatoms. The zero-order chi connectivity index (χ0) is 41.4. The summed E-state index contributed by atoms with van der Waals surface area (Å²) in [6.07, 6.45) is 45.8. The van der Waals surface area contributed by atoms with E-state index >= 15 is 0 Å². The van der Waals surface area contributed by atoms with E-state index in [2.05, 4.69) is 97.4 Å². The Balaban J connectivity index is 4.26. The van der Waals surface area contributed by atoms with Crippen LogP contribution in [-0.2, 0) is 28.2 Å². The van der Waals surface area contributed by atoms with E-state index in [1.807, 2.05) is 12.2 Å². The van der Waals surface area contributed by atoms with Crippen LogP contribution in [0.25, 0.3) is 0 Å². The van der Waals surface area contributed by atoms with Crippen molar-refractivity contribution in [3.05, 3.63) is 97.2 Å². The third-order valence-electron chi connectivity index (χ3n) is 8.29. The van der Waals surface area contributed by atoms with E-state index in [0.29, 0.717) is 12.8 Å². The molecule has 0 unspecified atom stereocenters. The normalized spacial score (nSPS) is 14.6. The Kier molecular flexibility index (Phi) is 36.6. The quantitative estimate of drug-likeness (QED) is 0.0208. The lowest BCUT2D eigenvalue weighted by atomic mass is 10.0. The summed E-state index contributed by atoms with van der Waals surface area (Å²) in [7, 11) is -4.85. The second kappa shape index (κ2) is 38.7. The number of ether oxygens (including phenoxy) is 2. The molecule has 0 aromatic carbocycles. The highest BCUT2D eigenvalue weighted by atomic mass is 31.2. The maximum absolute atomic E-state index is 12.4. The first-order valence-corrected chi connectivity index (χ1v) is 22.2. The second-order valence-corrected chi connectivity index (χ2v) is 14.8. The largest absolute Gasteiger partial charge is 0.469 e. The van der Waals surface area contributed by atoms with E-state index in [1.54, 1.807) is 6.08 Å². The van der Waals surface area contributed by atoms with Crippen molar-refractivity contribution in [2.24, 2.45) is 0 Å². The van der Waals surface area contributed by atoms with Crippen LogP contribution >= 0.6 is 7.82 Å². The summed E-state index contributed by atoms with van der Waals surface area (Å²) in [5.41, 5.74) is 0. The second-order valence-electron chi connectivity index (χ2n) is 13.5. The molecule has 0 aromatic heterocycles. The molecule has 0 fully saturated rings. The number of allylic oxidation sites excluding steroid dienone is 15. The van der Waals surface area contributed by atoms with Gasteiger partial charge in [0.05, 0.1) is 18.8 Å². The molecule has 3 atom stereocenters. The molecule has 0 aromatic rings. The van der Waals surface area contributed by atoms with Crippen LogP contribution in [0.15, 0.2) is 97.2 Å². The van der Waals surface area contributed by atoms with Crippen LogP contribution in [0.5, 0.6) is 0 Å². The molecule has 0 radical (unpaired) electrons. The molecular weight excluding hydrogens is 731 g/mol. The Hall–Kier alpha value is -3.11. The molecule has 0 saturated heterocycles. The number of hydrogen-bond acceptors (Lipinski definition) is 8. The fraction of sp³-hybridized carbons (Fsp3) is 0.600. The predicted molar refractivity (Wildman–Crippen MR) is 228 cm³/mol. The molecule has 0 bridgehead atoms. The molecular formula is C45H73O10P. The lowest BCUT2D eigenvalue weighted by molar-refractivity contribution is -0.161. The Bertz CT molecular complexity index is 1260. The van der Waals surface area contributed by atoms with Gasteiger partial charge in [-0.05, 0) is 96.3 Å². The van der Waals surface area contributed by atoms with E-state index in [4.69, 9.17) is 19.3 Å². The third-order valence-corrected chi connectivity index (χ3v) is 8.77. The number of aliphatic hydroxyl groups excluding tert-OH is 2. The topological polar surface area (TPSA) is 160 Å². The number of aliphatic hydroxyl groups is 2. The van der Waals surface area contributed by atoms with Gasteiger partial charge in [0.1, 0.15) is 6.61 Å². The highest BCUT2D eigenvalue weighted by Crippen LogP contribution is 2.36. The highest BCUT2D eigenvalue weighted by molar-refractivity contribution is 7.46. The molecule has 318 valence electrons. The molecule has 4 N–H and O–H groups in total. The average Bonchev–Trinajstić information content (AvgIpc) is 3.16. The number of esters is 2. The van der Waals surface area contributed by atoms with Gasteiger partial charge in [-0.1, -0.05) is 130 Å². The molecule has 0 heterocycles. The van der Waals surface area contributed by atoms with Crippen molar-refractivity contribution in [2.75, 3.05) is 13.2 Å². The first-order valence-electron chi connectivity index (χ1n) is 20.7.